The summed E-state index contributed by atoms with van der Waals surface area (Å²) in [5.74, 6) is -1.68. The summed E-state index contributed by atoms with van der Waals surface area (Å²) in [5, 5.41) is 14.9. The first-order chi connectivity index (χ1) is 15.7. The van der Waals surface area contributed by atoms with Crippen LogP contribution in [-0.4, -0.2) is 39.9 Å². The van der Waals surface area contributed by atoms with Crippen molar-refractivity contribution in [3.8, 4) is 5.75 Å². The molecule has 2 aromatic carbocycles. The van der Waals surface area contributed by atoms with Crippen molar-refractivity contribution in [3.63, 3.8) is 0 Å². The molecule has 4 rings (SSSR count). The van der Waals surface area contributed by atoms with E-state index in [4.69, 9.17) is 34.8 Å². The molecule has 0 unspecified atom stereocenters. The Morgan fingerprint density at radius 2 is 1.79 bits per heavy atom. The van der Waals surface area contributed by atoms with Gasteiger partial charge in [0, 0.05) is 30.1 Å². The zero-order valence-electron chi connectivity index (χ0n) is 16.9. The molecular weight excluding hydrogens is 512 g/mol. The number of phenols is 1. The summed E-state index contributed by atoms with van der Waals surface area (Å²) in [6, 6.07) is 6.95. The summed E-state index contributed by atoms with van der Waals surface area (Å²) in [7, 11) is 0. The van der Waals surface area contributed by atoms with Crippen LogP contribution in [0.15, 0.2) is 35.7 Å². The van der Waals surface area contributed by atoms with Crippen molar-refractivity contribution < 1.29 is 19.1 Å². The summed E-state index contributed by atoms with van der Waals surface area (Å²) in [5.41, 5.74) is 0.466. The number of likely N-dealkylation sites (tertiary alicyclic amines) is 1. The van der Waals surface area contributed by atoms with E-state index in [1.807, 2.05) is 0 Å². The van der Waals surface area contributed by atoms with Gasteiger partial charge in [0.05, 0.1) is 25.6 Å². The van der Waals surface area contributed by atoms with E-state index >= 15 is 0 Å². The Morgan fingerprint density at radius 3 is 2.42 bits per heavy atom. The van der Waals surface area contributed by atoms with Crippen LogP contribution < -0.4 is 5.32 Å². The topological polar surface area (TPSA) is 82.5 Å². The molecule has 2 heterocycles. The Labute approximate surface area is 207 Å². The number of nitrogens with zero attached hydrogens (tertiary/aromatic N) is 2. The summed E-state index contributed by atoms with van der Waals surface area (Å²) in [4.78, 5) is 31.3. The largest absolute Gasteiger partial charge is 0.505 e. The van der Waals surface area contributed by atoms with Crippen LogP contribution in [-0.2, 0) is 0 Å². The van der Waals surface area contributed by atoms with Crippen LogP contribution in [0.3, 0.4) is 0 Å². The number of hydrogen-bond donors (Lipinski definition) is 2. The van der Waals surface area contributed by atoms with Crippen LogP contribution in [0.4, 0.5) is 10.1 Å². The van der Waals surface area contributed by atoms with Crippen LogP contribution in [0.1, 0.15) is 44.6 Å². The lowest BCUT2D eigenvalue weighted by Gasteiger charge is -2.31. The van der Waals surface area contributed by atoms with Gasteiger partial charge in [-0.2, -0.15) is 0 Å². The smallest absolute Gasteiger partial charge is 0.275 e. The van der Waals surface area contributed by atoms with Crippen LogP contribution in [0.2, 0.25) is 15.1 Å². The number of aromatic hydroxyl groups is 1. The number of nitrogens with one attached hydrogen (secondary N) is 1. The number of rotatable bonds is 4. The first-order valence-electron chi connectivity index (χ1n) is 9.92. The van der Waals surface area contributed by atoms with Crippen molar-refractivity contribution in [2.75, 3.05) is 18.4 Å². The molecule has 11 heteroatoms. The Morgan fingerprint density at radius 1 is 1.12 bits per heavy atom. The molecular formula is C22H17Cl3FN3O3S. The van der Waals surface area contributed by atoms with Gasteiger partial charge in [0.25, 0.3) is 11.8 Å². The molecule has 2 N–H and O–H groups in total. The van der Waals surface area contributed by atoms with Gasteiger partial charge < -0.3 is 15.3 Å². The summed E-state index contributed by atoms with van der Waals surface area (Å²) < 4.78 is 14.1. The number of aromatic nitrogens is 1. The molecule has 1 aromatic heterocycles. The van der Waals surface area contributed by atoms with E-state index in [1.165, 1.54) is 41.7 Å². The summed E-state index contributed by atoms with van der Waals surface area (Å²) >= 11 is 19.2. The number of benzene rings is 2. The van der Waals surface area contributed by atoms with Crippen molar-refractivity contribution in [2.45, 2.75) is 18.8 Å². The van der Waals surface area contributed by atoms with Gasteiger partial charge in [-0.05, 0) is 37.1 Å². The molecule has 6 nitrogen and oxygen atoms in total. The number of halogens is 4. The highest BCUT2D eigenvalue weighted by Crippen LogP contribution is 2.35. The summed E-state index contributed by atoms with van der Waals surface area (Å²) in [6.45, 7) is 0.861. The minimum Gasteiger partial charge on any atom is -0.505 e. The standard InChI is InChI=1S/C22H17Cl3FN3O3S/c23-13-2-1-3-16(26)18(13)22(32)29-6-4-11(5-7-29)21-28-17(10-33-21)20(31)27-12-8-14(24)19(30)15(25)9-12/h1-3,8-11,30H,4-7H2,(H,27,31). The molecule has 1 aliphatic rings. The van der Waals surface area contributed by atoms with E-state index in [0.29, 0.717) is 31.6 Å². The second-order valence-electron chi connectivity index (χ2n) is 7.48. The van der Waals surface area contributed by atoms with E-state index in [1.54, 1.807) is 10.3 Å². The van der Waals surface area contributed by atoms with Crippen LogP contribution in [0, 0.1) is 5.82 Å². The number of carbonyl (C=O) groups excluding carboxylic acids is 2. The maximum atomic E-state index is 14.1. The third-order valence-corrected chi connectivity index (χ3v) is 7.24. The van der Waals surface area contributed by atoms with Crippen molar-refractivity contribution in [1.82, 2.24) is 9.88 Å². The van der Waals surface area contributed by atoms with Gasteiger partial charge in [0.2, 0.25) is 0 Å². The summed E-state index contributed by atoms with van der Waals surface area (Å²) in [6.07, 6.45) is 1.27. The zero-order valence-corrected chi connectivity index (χ0v) is 20.0. The highest BCUT2D eigenvalue weighted by Gasteiger charge is 2.29. The third-order valence-electron chi connectivity index (χ3n) is 5.34. The fourth-order valence-electron chi connectivity index (χ4n) is 3.60. The lowest BCUT2D eigenvalue weighted by atomic mass is 9.97. The van der Waals surface area contributed by atoms with Gasteiger partial charge in [-0.25, -0.2) is 9.37 Å². The van der Waals surface area contributed by atoms with Crippen LogP contribution >= 0.6 is 46.1 Å². The van der Waals surface area contributed by atoms with E-state index in [2.05, 4.69) is 10.3 Å². The molecule has 1 aliphatic heterocycles. The number of thiazole rings is 1. The number of carbonyl (C=O) groups is 2. The Bertz CT molecular complexity index is 1190. The van der Waals surface area contributed by atoms with E-state index in [0.717, 1.165) is 5.01 Å². The molecule has 1 saturated heterocycles. The van der Waals surface area contributed by atoms with E-state index in [-0.39, 0.29) is 38.0 Å². The maximum Gasteiger partial charge on any atom is 0.275 e. The molecule has 3 aromatic rings. The Hall–Kier alpha value is -2.39. The Kier molecular flexibility index (Phi) is 7.09. The first-order valence-corrected chi connectivity index (χ1v) is 11.9. The number of piperidine rings is 1. The molecule has 0 atom stereocenters. The molecule has 0 spiro atoms. The quantitative estimate of drug-likeness (QED) is 0.394. The number of anilines is 1. The molecule has 0 bridgehead atoms. The predicted octanol–water partition coefficient (Wildman–Crippen LogP) is 6.22. The predicted molar refractivity (Wildman–Crippen MR) is 127 cm³/mol. The second-order valence-corrected chi connectivity index (χ2v) is 9.59. The van der Waals surface area contributed by atoms with E-state index < -0.39 is 17.6 Å². The second kappa shape index (κ2) is 9.85. The van der Waals surface area contributed by atoms with Gasteiger partial charge >= 0.3 is 0 Å². The number of phenolic OH excluding ortho intramolecular Hbond substituents is 1. The molecule has 0 radical (unpaired) electrons. The minimum absolute atomic E-state index is 0.0229. The molecule has 1 fully saturated rings. The highest BCUT2D eigenvalue weighted by molar-refractivity contribution is 7.10. The maximum absolute atomic E-state index is 14.1. The van der Waals surface area contributed by atoms with Gasteiger partial charge in [-0.15, -0.1) is 11.3 Å². The van der Waals surface area contributed by atoms with Crippen molar-refractivity contribution in [1.29, 1.82) is 0 Å². The average Bonchev–Trinajstić information content (AvgIpc) is 3.28. The van der Waals surface area contributed by atoms with Crippen molar-refractivity contribution in [3.05, 3.63) is 72.9 Å². The monoisotopic (exact) mass is 527 g/mol. The highest BCUT2D eigenvalue weighted by atomic mass is 35.5. The van der Waals surface area contributed by atoms with Crippen molar-refractivity contribution >= 4 is 63.6 Å². The van der Waals surface area contributed by atoms with Gasteiger partial charge in [0.1, 0.15) is 11.5 Å². The van der Waals surface area contributed by atoms with Gasteiger partial charge in [0.15, 0.2) is 5.75 Å². The van der Waals surface area contributed by atoms with Crippen molar-refractivity contribution in [2.24, 2.45) is 0 Å². The first kappa shape index (κ1) is 23.8. The molecule has 172 valence electrons. The molecule has 0 aliphatic carbocycles. The lowest BCUT2D eigenvalue weighted by molar-refractivity contribution is 0.0708. The van der Waals surface area contributed by atoms with Crippen LogP contribution in [0.5, 0.6) is 5.75 Å². The van der Waals surface area contributed by atoms with Crippen LogP contribution in [0.25, 0.3) is 0 Å². The SMILES string of the molecule is O=C(Nc1cc(Cl)c(O)c(Cl)c1)c1csc(C2CCN(C(=O)c3c(F)cccc3Cl)CC2)n1. The number of hydrogen-bond acceptors (Lipinski definition) is 5. The fourth-order valence-corrected chi connectivity index (χ4v) is 5.30. The lowest BCUT2D eigenvalue weighted by Crippen LogP contribution is -2.38. The molecule has 2 amide bonds. The zero-order chi connectivity index (χ0) is 23.7. The normalized spacial score (nSPS) is 14.4. The number of amides is 2. The minimum atomic E-state index is -0.638. The molecule has 33 heavy (non-hydrogen) atoms. The average molecular weight is 529 g/mol. The third kappa shape index (κ3) is 5.09. The van der Waals surface area contributed by atoms with Gasteiger partial charge in [-0.3, -0.25) is 9.59 Å². The Balaban J connectivity index is 1.39. The molecule has 0 saturated carbocycles. The van der Waals surface area contributed by atoms with Gasteiger partial charge in [-0.1, -0.05) is 40.9 Å². The fraction of sp³-hybridized carbons (Fsp3) is 0.227. The van der Waals surface area contributed by atoms with E-state index in [9.17, 15) is 19.1 Å².